The second-order valence-corrected chi connectivity index (χ2v) is 16.6. The number of carbonyl (C=O) groups excluding carboxylic acids is 2. The molecular formula is C44H47BrCl2N4O6. The maximum Gasteiger partial charge on any atom is 0.337 e. The number of halogens is 3. The molecule has 6 aromatic rings. The Labute approximate surface area is 352 Å². The number of aliphatic hydroxyl groups excluding tert-OH is 1. The van der Waals surface area contributed by atoms with Crippen molar-refractivity contribution in [3.63, 3.8) is 0 Å². The third kappa shape index (κ3) is 13.7. The van der Waals surface area contributed by atoms with Gasteiger partial charge in [-0.3, -0.25) is 14.2 Å². The van der Waals surface area contributed by atoms with E-state index < -0.39 is 15.9 Å². The SMILES string of the molecule is COC(=O)C(C)(C)Br.COC(=O)C(C)(C)OCc1cc(-c2ccccc2)n(Cc2cccc(Cl)c2)n1.OCc1cc(-c2ccccc2)n(Cc2cccc(Cl)c2)n1. The summed E-state index contributed by atoms with van der Waals surface area (Å²) in [7, 11) is 2.71. The van der Waals surface area contributed by atoms with Crippen LogP contribution in [0.2, 0.25) is 10.0 Å². The standard InChI is InChI=1S/C22H23ClN2O3.C17H15ClN2O.C5H9BrO2/c1-22(2,21(26)27-3)28-15-19-13-20(17-9-5-4-6-10-17)25(24-19)14-16-8-7-11-18(23)12-16;18-15-8-4-5-13(9-15)11-20-17(10-16(12-21)19-20)14-6-2-1-3-7-14;1-5(2,6)4(7)8-3/h4-13H,14-15H2,1-3H3;1-10,21H,11-12H2;1-3H3. The summed E-state index contributed by atoms with van der Waals surface area (Å²) >= 11 is 15.3. The van der Waals surface area contributed by atoms with E-state index in [0.717, 1.165) is 39.3 Å². The van der Waals surface area contributed by atoms with E-state index in [9.17, 15) is 14.7 Å². The Morgan fingerprint density at radius 1 is 0.649 bits per heavy atom. The van der Waals surface area contributed by atoms with Crippen molar-refractivity contribution in [1.29, 1.82) is 0 Å². The van der Waals surface area contributed by atoms with Crippen LogP contribution >= 0.6 is 39.1 Å². The molecule has 0 radical (unpaired) electrons. The van der Waals surface area contributed by atoms with E-state index in [-0.39, 0.29) is 19.2 Å². The number of esters is 2. The van der Waals surface area contributed by atoms with E-state index in [0.29, 0.717) is 28.8 Å². The Balaban J connectivity index is 0.000000218. The summed E-state index contributed by atoms with van der Waals surface area (Å²) in [5, 5.41) is 19.9. The maximum absolute atomic E-state index is 11.8. The minimum Gasteiger partial charge on any atom is -0.468 e. The fraction of sp³-hybridized carbons (Fsp3) is 0.273. The Hall–Kier alpha value is -4.78. The molecule has 0 aliphatic heterocycles. The molecule has 0 amide bonds. The average molecular weight is 879 g/mol. The molecule has 0 atom stereocenters. The van der Waals surface area contributed by atoms with Crippen molar-refractivity contribution < 1.29 is 28.9 Å². The van der Waals surface area contributed by atoms with E-state index in [1.54, 1.807) is 27.7 Å². The first kappa shape index (κ1) is 44.9. The van der Waals surface area contributed by atoms with E-state index in [1.165, 1.54) is 14.2 Å². The summed E-state index contributed by atoms with van der Waals surface area (Å²) < 4.78 is 18.3. The molecule has 2 aromatic heterocycles. The largest absolute Gasteiger partial charge is 0.468 e. The van der Waals surface area contributed by atoms with Crippen LogP contribution in [0.1, 0.15) is 50.2 Å². The molecule has 0 aliphatic rings. The van der Waals surface area contributed by atoms with Crippen molar-refractivity contribution in [1.82, 2.24) is 19.6 Å². The first-order chi connectivity index (χ1) is 27.1. The number of benzene rings is 4. The molecule has 6 rings (SSSR count). The Bertz CT molecular complexity index is 2200. The van der Waals surface area contributed by atoms with E-state index >= 15 is 0 Å². The zero-order valence-corrected chi connectivity index (χ0v) is 35.9. The van der Waals surface area contributed by atoms with Crippen molar-refractivity contribution in [3.8, 4) is 22.5 Å². The predicted molar refractivity (Wildman–Crippen MR) is 228 cm³/mol. The smallest absolute Gasteiger partial charge is 0.337 e. The number of aromatic nitrogens is 4. The lowest BCUT2D eigenvalue weighted by Gasteiger charge is -2.21. The molecule has 10 nitrogen and oxygen atoms in total. The molecule has 0 fully saturated rings. The van der Waals surface area contributed by atoms with Gasteiger partial charge in [-0.15, -0.1) is 0 Å². The van der Waals surface area contributed by atoms with Crippen LogP contribution in [-0.2, 0) is 50.1 Å². The van der Waals surface area contributed by atoms with Crippen molar-refractivity contribution in [3.05, 3.63) is 154 Å². The number of hydrogen-bond donors (Lipinski definition) is 1. The average Bonchev–Trinajstić information content (AvgIpc) is 3.81. The van der Waals surface area contributed by atoms with Crippen molar-refractivity contribution in [2.75, 3.05) is 14.2 Å². The molecule has 0 saturated heterocycles. The lowest BCUT2D eigenvalue weighted by Crippen LogP contribution is -2.35. The molecule has 2 heterocycles. The third-order valence-electron chi connectivity index (χ3n) is 8.33. The lowest BCUT2D eigenvalue weighted by atomic mass is 10.1. The molecule has 0 aliphatic carbocycles. The predicted octanol–water partition coefficient (Wildman–Crippen LogP) is 9.80. The van der Waals surface area contributed by atoms with E-state index in [1.807, 2.05) is 131 Å². The van der Waals surface area contributed by atoms with Crippen molar-refractivity contribution in [2.45, 2.75) is 63.9 Å². The number of hydrogen-bond acceptors (Lipinski definition) is 8. The van der Waals surface area contributed by atoms with Crippen LogP contribution in [0.4, 0.5) is 0 Å². The number of aliphatic hydroxyl groups is 1. The summed E-state index contributed by atoms with van der Waals surface area (Å²) in [6.07, 6.45) is 0. The van der Waals surface area contributed by atoms with Crippen LogP contribution < -0.4 is 0 Å². The Morgan fingerprint density at radius 2 is 1.09 bits per heavy atom. The second-order valence-electron chi connectivity index (χ2n) is 13.8. The van der Waals surface area contributed by atoms with Crippen LogP contribution in [-0.4, -0.2) is 60.8 Å². The topological polar surface area (TPSA) is 118 Å². The monoisotopic (exact) mass is 876 g/mol. The first-order valence-electron chi connectivity index (χ1n) is 18.0. The molecule has 4 aromatic carbocycles. The summed E-state index contributed by atoms with van der Waals surface area (Å²) in [4.78, 5) is 22.4. The van der Waals surface area contributed by atoms with Crippen LogP contribution in [0.25, 0.3) is 22.5 Å². The lowest BCUT2D eigenvalue weighted by molar-refractivity contribution is -0.166. The highest BCUT2D eigenvalue weighted by Gasteiger charge is 2.30. The quantitative estimate of drug-likeness (QED) is 0.0955. The number of rotatable bonds is 12. The highest BCUT2D eigenvalue weighted by molar-refractivity contribution is 9.10. The van der Waals surface area contributed by atoms with Gasteiger partial charge >= 0.3 is 11.9 Å². The minimum atomic E-state index is -1.04. The van der Waals surface area contributed by atoms with Gasteiger partial charge in [0.2, 0.25) is 0 Å². The number of methoxy groups -OCH3 is 2. The third-order valence-corrected chi connectivity index (χ3v) is 9.13. The van der Waals surface area contributed by atoms with E-state index in [4.69, 9.17) is 37.8 Å². The molecule has 0 unspecified atom stereocenters. The summed E-state index contributed by atoms with van der Waals surface area (Å²) in [5.41, 5.74) is 6.56. The van der Waals surface area contributed by atoms with Gasteiger partial charge in [0, 0.05) is 10.0 Å². The first-order valence-corrected chi connectivity index (χ1v) is 19.5. The highest BCUT2D eigenvalue weighted by atomic mass is 79.9. The number of alkyl halides is 1. The summed E-state index contributed by atoms with van der Waals surface area (Å²) in [6, 6.07) is 39.4. The highest BCUT2D eigenvalue weighted by Crippen LogP contribution is 2.25. The zero-order valence-electron chi connectivity index (χ0n) is 32.8. The van der Waals surface area contributed by atoms with Crippen LogP contribution in [0.15, 0.2) is 121 Å². The molecule has 57 heavy (non-hydrogen) atoms. The summed E-state index contributed by atoms with van der Waals surface area (Å²) in [5.74, 6) is -0.674. The molecule has 0 spiro atoms. The minimum absolute atomic E-state index is 0.0671. The van der Waals surface area contributed by atoms with Gasteiger partial charge in [0.05, 0.1) is 63.3 Å². The van der Waals surface area contributed by atoms with Gasteiger partial charge in [-0.1, -0.05) is 124 Å². The van der Waals surface area contributed by atoms with Crippen LogP contribution in [0.5, 0.6) is 0 Å². The van der Waals surface area contributed by atoms with Gasteiger partial charge in [0.15, 0.2) is 5.60 Å². The van der Waals surface area contributed by atoms with Crippen molar-refractivity contribution in [2.24, 2.45) is 0 Å². The number of nitrogens with zero attached hydrogens (tertiary/aromatic N) is 4. The van der Waals surface area contributed by atoms with E-state index in [2.05, 4.69) is 25.8 Å². The van der Waals surface area contributed by atoms with Crippen LogP contribution in [0, 0.1) is 0 Å². The normalized spacial score (nSPS) is 11.1. The Kier molecular flexibility index (Phi) is 16.6. The number of ether oxygens (including phenoxy) is 3. The maximum atomic E-state index is 11.8. The van der Waals surface area contributed by atoms with Gasteiger partial charge in [-0.05, 0) is 86.3 Å². The zero-order chi connectivity index (χ0) is 41.6. The van der Waals surface area contributed by atoms with Gasteiger partial charge in [0.25, 0.3) is 0 Å². The molecule has 13 heteroatoms. The van der Waals surface area contributed by atoms with Gasteiger partial charge < -0.3 is 19.3 Å². The van der Waals surface area contributed by atoms with Gasteiger partial charge in [-0.2, -0.15) is 10.2 Å². The molecular weight excluding hydrogens is 831 g/mol. The fourth-order valence-corrected chi connectivity index (χ4v) is 6.02. The molecule has 0 bridgehead atoms. The second kappa shape index (κ2) is 21.1. The van der Waals surface area contributed by atoms with Gasteiger partial charge in [-0.25, -0.2) is 4.79 Å². The molecule has 1 N–H and O–H groups in total. The Morgan fingerprint density at radius 3 is 1.47 bits per heavy atom. The van der Waals surface area contributed by atoms with Crippen LogP contribution in [0.3, 0.4) is 0 Å². The number of carbonyl (C=O) groups is 2. The van der Waals surface area contributed by atoms with Crippen molar-refractivity contribution >= 4 is 51.1 Å². The van der Waals surface area contributed by atoms with Gasteiger partial charge in [0.1, 0.15) is 4.32 Å². The molecule has 300 valence electrons. The summed E-state index contributed by atoms with van der Waals surface area (Å²) in [6.45, 7) is 8.15. The molecule has 0 saturated carbocycles. The fourth-order valence-electron chi connectivity index (χ4n) is 5.43.